The number of aryl methyl sites for hydroxylation is 2. The van der Waals surface area contributed by atoms with Crippen LogP contribution in [0.2, 0.25) is 10.0 Å². The third-order valence-electron chi connectivity index (χ3n) is 4.85. The molecule has 4 aromatic rings. The molecule has 2 amide bonds. The number of carbonyl (C=O) groups excluding carboxylic acids is 1. The lowest BCUT2D eigenvalue weighted by Crippen LogP contribution is -2.38. The Morgan fingerprint density at radius 3 is 2.03 bits per heavy atom. The van der Waals surface area contributed by atoms with E-state index in [1.807, 2.05) is 74.5 Å². The molecule has 0 saturated carbocycles. The molecule has 0 fully saturated rings. The van der Waals surface area contributed by atoms with Crippen molar-refractivity contribution in [2.45, 2.75) is 13.8 Å². The van der Waals surface area contributed by atoms with Crippen LogP contribution in [0, 0.1) is 13.8 Å². The van der Waals surface area contributed by atoms with Crippen molar-refractivity contribution in [1.82, 2.24) is 15.3 Å². The molecule has 0 aliphatic heterocycles. The number of amides is 2. The van der Waals surface area contributed by atoms with Gasteiger partial charge in [0.05, 0.1) is 10.0 Å². The second-order valence-corrected chi connectivity index (χ2v) is 8.50. The smallest absolute Gasteiger partial charge is 0.326 e. The molecule has 0 atom stereocenters. The molecule has 0 aliphatic rings. The van der Waals surface area contributed by atoms with Crippen LogP contribution in [0.5, 0.6) is 0 Å². The average Bonchev–Trinajstić information content (AvgIpc) is 2.82. The molecule has 3 N–H and O–H groups in total. The number of nitrogens with zero attached hydrogens (tertiary/aromatic N) is 3. The van der Waals surface area contributed by atoms with Gasteiger partial charge in [-0.2, -0.15) is 4.99 Å². The lowest BCUT2D eigenvalue weighted by molar-refractivity contribution is 0.256. The van der Waals surface area contributed by atoms with Crippen molar-refractivity contribution in [2.75, 3.05) is 10.6 Å². The number of nitrogens with one attached hydrogen (secondary N) is 3. The first-order chi connectivity index (χ1) is 16.9. The van der Waals surface area contributed by atoms with E-state index in [0.717, 1.165) is 28.2 Å². The quantitative estimate of drug-likeness (QED) is 0.206. The fourth-order valence-electron chi connectivity index (χ4n) is 3.30. The van der Waals surface area contributed by atoms with Gasteiger partial charge in [-0.25, -0.2) is 14.8 Å². The first-order valence-corrected chi connectivity index (χ1v) is 11.5. The molecule has 176 valence electrons. The highest BCUT2D eigenvalue weighted by Crippen LogP contribution is 2.25. The van der Waals surface area contributed by atoms with Crippen molar-refractivity contribution in [1.29, 1.82) is 0 Å². The minimum atomic E-state index is -0.528. The Labute approximate surface area is 213 Å². The van der Waals surface area contributed by atoms with E-state index >= 15 is 0 Å². The van der Waals surface area contributed by atoms with Crippen molar-refractivity contribution >= 4 is 52.5 Å². The Morgan fingerprint density at radius 2 is 1.37 bits per heavy atom. The fourth-order valence-corrected chi connectivity index (χ4v) is 3.60. The molecule has 0 spiro atoms. The number of hydrogen-bond acceptors (Lipinski definition) is 4. The topological polar surface area (TPSA) is 91.3 Å². The molecule has 4 rings (SSSR count). The number of urea groups is 1. The fraction of sp³-hybridized carbons (Fsp3) is 0.0769. The summed E-state index contributed by atoms with van der Waals surface area (Å²) in [6.07, 6.45) is 0. The molecular formula is C26H22Cl2N6O. The maximum absolute atomic E-state index is 12.7. The van der Waals surface area contributed by atoms with Gasteiger partial charge in [0.15, 0.2) is 0 Å². The standard InChI is InChI=1S/C26H22Cl2N6O/c1-16-14-17(2)30-24(29-16)33-25(34-26(35)32-21-12-13-22(27)23(28)15-21)31-20-10-8-19(9-11-20)18-6-4-3-5-7-18/h3-15H,1-2H3,(H3,29,30,31,32,33,34,35). The van der Waals surface area contributed by atoms with Crippen LogP contribution in [0.3, 0.4) is 0 Å². The minimum absolute atomic E-state index is 0.153. The van der Waals surface area contributed by atoms with Gasteiger partial charge in [0, 0.05) is 22.8 Å². The molecular weight excluding hydrogens is 483 g/mol. The van der Waals surface area contributed by atoms with Crippen LogP contribution >= 0.6 is 23.2 Å². The number of aromatic nitrogens is 2. The SMILES string of the molecule is Cc1cc(C)nc(N=C(NC(=O)Nc2ccc(Cl)c(Cl)c2)Nc2ccc(-c3ccccc3)cc2)n1. The summed E-state index contributed by atoms with van der Waals surface area (Å²) in [5, 5.41) is 9.29. The average molecular weight is 505 g/mol. The van der Waals surface area contributed by atoms with Crippen LogP contribution < -0.4 is 16.0 Å². The van der Waals surface area contributed by atoms with Crippen LogP contribution in [0.25, 0.3) is 11.1 Å². The summed E-state index contributed by atoms with van der Waals surface area (Å²) in [4.78, 5) is 25.8. The number of rotatable bonds is 4. The van der Waals surface area contributed by atoms with Gasteiger partial charge in [-0.05, 0) is 61.4 Å². The molecule has 0 unspecified atom stereocenters. The molecule has 9 heteroatoms. The molecule has 0 radical (unpaired) electrons. The Bertz CT molecular complexity index is 1350. The highest BCUT2D eigenvalue weighted by molar-refractivity contribution is 6.42. The van der Waals surface area contributed by atoms with Crippen LogP contribution in [0.1, 0.15) is 11.4 Å². The van der Waals surface area contributed by atoms with Crippen molar-refractivity contribution in [3.05, 3.63) is 100 Å². The number of hydrogen-bond donors (Lipinski definition) is 3. The number of guanidine groups is 1. The van der Waals surface area contributed by atoms with E-state index in [-0.39, 0.29) is 11.9 Å². The van der Waals surface area contributed by atoms with Gasteiger partial charge in [0.25, 0.3) is 5.95 Å². The van der Waals surface area contributed by atoms with Crippen LogP contribution in [-0.2, 0) is 0 Å². The molecule has 0 saturated heterocycles. The molecule has 3 aromatic carbocycles. The normalized spacial score (nSPS) is 11.1. The van der Waals surface area contributed by atoms with Crippen molar-refractivity contribution in [3.63, 3.8) is 0 Å². The van der Waals surface area contributed by atoms with E-state index < -0.39 is 6.03 Å². The van der Waals surface area contributed by atoms with Crippen LogP contribution in [0.4, 0.5) is 22.1 Å². The van der Waals surface area contributed by atoms with E-state index in [4.69, 9.17) is 23.2 Å². The van der Waals surface area contributed by atoms with Gasteiger partial charge in [-0.15, -0.1) is 0 Å². The van der Waals surface area contributed by atoms with E-state index in [1.165, 1.54) is 0 Å². The maximum atomic E-state index is 12.7. The van der Waals surface area contributed by atoms with Crippen molar-refractivity contribution in [3.8, 4) is 11.1 Å². The number of halogens is 2. The second kappa shape index (κ2) is 11.0. The molecule has 1 aromatic heterocycles. The minimum Gasteiger partial charge on any atom is -0.326 e. The summed E-state index contributed by atoms with van der Waals surface area (Å²) in [7, 11) is 0. The van der Waals surface area contributed by atoms with Gasteiger partial charge in [0.1, 0.15) is 0 Å². The predicted molar refractivity (Wildman–Crippen MR) is 143 cm³/mol. The molecule has 0 bridgehead atoms. The van der Waals surface area contributed by atoms with Gasteiger partial charge < -0.3 is 10.6 Å². The van der Waals surface area contributed by atoms with Crippen molar-refractivity contribution < 1.29 is 4.79 Å². The monoisotopic (exact) mass is 504 g/mol. The number of aliphatic imine (C=N–C) groups is 1. The largest absolute Gasteiger partial charge is 0.326 e. The summed E-state index contributed by atoms with van der Waals surface area (Å²) < 4.78 is 0. The highest BCUT2D eigenvalue weighted by atomic mass is 35.5. The van der Waals surface area contributed by atoms with Gasteiger partial charge in [0.2, 0.25) is 5.96 Å². The van der Waals surface area contributed by atoms with E-state index in [0.29, 0.717) is 15.7 Å². The van der Waals surface area contributed by atoms with E-state index in [2.05, 4.69) is 30.9 Å². The number of anilines is 2. The molecule has 35 heavy (non-hydrogen) atoms. The summed E-state index contributed by atoms with van der Waals surface area (Å²) in [5.74, 6) is 0.376. The van der Waals surface area contributed by atoms with E-state index in [9.17, 15) is 4.79 Å². The van der Waals surface area contributed by atoms with Gasteiger partial charge in [-0.3, -0.25) is 5.32 Å². The second-order valence-electron chi connectivity index (χ2n) is 7.69. The zero-order valence-electron chi connectivity index (χ0n) is 19.0. The predicted octanol–water partition coefficient (Wildman–Crippen LogP) is 6.99. The highest BCUT2D eigenvalue weighted by Gasteiger charge is 2.10. The maximum Gasteiger partial charge on any atom is 0.326 e. The third kappa shape index (κ3) is 6.79. The Morgan fingerprint density at radius 1 is 0.743 bits per heavy atom. The van der Waals surface area contributed by atoms with Crippen LogP contribution in [-0.4, -0.2) is 22.0 Å². The summed E-state index contributed by atoms with van der Waals surface area (Å²) in [5.41, 5.74) is 4.91. The number of carbonyl (C=O) groups is 1. The summed E-state index contributed by atoms with van der Waals surface area (Å²) in [6, 6.07) is 23.9. The van der Waals surface area contributed by atoms with Gasteiger partial charge >= 0.3 is 6.03 Å². The lowest BCUT2D eigenvalue weighted by atomic mass is 10.1. The molecule has 0 aliphatic carbocycles. The first kappa shape index (κ1) is 24.2. The van der Waals surface area contributed by atoms with Crippen LogP contribution in [0.15, 0.2) is 83.9 Å². The molecule has 7 nitrogen and oxygen atoms in total. The third-order valence-corrected chi connectivity index (χ3v) is 5.59. The Balaban J connectivity index is 1.56. The van der Waals surface area contributed by atoms with Crippen molar-refractivity contribution in [2.24, 2.45) is 4.99 Å². The van der Waals surface area contributed by atoms with E-state index in [1.54, 1.807) is 18.2 Å². The summed E-state index contributed by atoms with van der Waals surface area (Å²) in [6.45, 7) is 3.71. The summed E-state index contributed by atoms with van der Waals surface area (Å²) >= 11 is 12.0. The van der Waals surface area contributed by atoms with Gasteiger partial charge in [-0.1, -0.05) is 65.7 Å². The number of benzene rings is 3. The molecule has 1 heterocycles. The first-order valence-electron chi connectivity index (χ1n) is 10.7. The zero-order chi connectivity index (χ0) is 24.8. The Hall–Kier alpha value is -3.94. The lowest BCUT2D eigenvalue weighted by Gasteiger charge is -2.13. The zero-order valence-corrected chi connectivity index (χ0v) is 20.5. The Kier molecular flexibility index (Phi) is 7.60.